The van der Waals surface area contributed by atoms with Crippen molar-refractivity contribution in [3.63, 3.8) is 0 Å². The van der Waals surface area contributed by atoms with Crippen LogP contribution in [0.4, 0.5) is 8.78 Å². The molecule has 0 fully saturated rings. The summed E-state index contributed by atoms with van der Waals surface area (Å²) in [6, 6.07) is 8.16. The zero-order valence-electron chi connectivity index (χ0n) is 15.3. The van der Waals surface area contributed by atoms with E-state index in [9.17, 15) is 22.0 Å². The summed E-state index contributed by atoms with van der Waals surface area (Å²) in [5, 5.41) is 2.67. The first kappa shape index (κ1) is 21.0. The van der Waals surface area contributed by atoms with Crippen molar-refractivity contribution in [1.82, 2.24) is 10.0 Å². The molecule has 146 valence electrons. The number of hydrogen-bond donors (Lipinski definition) is 2. The third-order valence-electron chi connectivity index (χ3n) is 4.19. The highest BCUT2D eigenvalue weighted by molar-refractivity contribution is 7.89. The third-order valence-corrected chi connectivity index (χ3v) is 5.79. The normalized spacial score (nSPS) is 13.8. The van der Waals surface area contributed by atoms with E-state index in [2.05, 4.69) is 10.0 Å². The van der Waals surface area contributed by atoms with Gasteiger partial charge in [-0.2, -0.15) is 0 Å². The van der Waals surface area contributed by atoms with Gasteiger partial charge >= 0.3 is 0 Å². The molecule has 0 aliphatic carbocycles. The maximum absolute atomic E-state index is 13.3. The second kappa shape index (κ2) is 8.58. The molecule has 5 nitrogen and oxygen atoms in total. The summed E-state index contributed by atoms with van der Waals surface area (Å²) >= 11 is 0. The molecule has 0 aromatic heterocycles. The average Bonchev–Trinajstić information content (AvgIpc) is 2.63. The molecular formula is C19H22F2N2O3S. The fourth-order valence-corrected chi connectivity index (χ4v) is 3.67. The Balaban J connectivity index is 2.10. The number of benzene rings is 2. The minimum absolute atomic E-state index is 0.0630. The number of sulfonamides is 1. The Kier molecular flexibility index (Phi) is 6.67. The zero-order chi connectivity index (χ0) is 20.2. The summed E-state index contributed by atoms with van der Waals surface area (Å²) in [5.41, 5.74) is 0.672. The summed E-state index contributed by atoms with van der Waals surface area (Å²) < 4.78 is 53.3. The predicted molar refractivity (Wildman–Crippen MR) is 98.8 cm³/mol. The second-order valence-electron chi connectivity index (χ2n) is 6.32. The van der Waals surface area contributed by atoms with Crippen molar-refractivity contribution in [3.05, 3.63) is 65.2 Å². The Morgan fingerprint density at radius 2 is 1.67 bits per heavy atom. The number of nitrogens with one attached hydrogen (secondary N) is 2. The van der Waals surface area contributed by atoms with Crippen molar-refractivity contribution in [2.45, 2.75) is 44.2 Å². The van der Waals surface area contributed by atoms with Gasteiger partial charge in [-0.15, -0.1) is 0 Å². The maximum atomic E-state index is 13.3. The molecule has 2 unspecified atom stereocenters. The smallest absolute Gasteiger partial charge is 0.251 e. The van der Waals surface area contributed by atoms with Crippen LogP contribution >= 0.6 is 0 Å². The molecule has 0 aliphatic heterocycles. The Morgan fingerprint density at radius 3 is 2.22 bits per heavy atom. The predicted octanol–water partition coefficient (Wildman–Crippen LogP) is 3.53. The quantitative estimate of drug-likeness (QED) is 0.752. The summed E-state index contributed by atoms with van der Waals surface area (Å²) in [7, 11) is -3.65. The van der Waals surface area contributed by atoms with E-state index in [0.717, 1.165) is 12.1 Å². The molecule has 0 radical (unpaired) electrons. The lowest BCUT2D eigenvalue weighted by Gasteiger charge is -2.15. The van der Waals surface area contributed by atoms with Crippen molar-refractivity contribution in [3.8, 4) is 0 Å². The molecule has 0 saturated heterocycles. The number of amides is 1. The topological polar surface area (TPSA) is 75.3 Å². The van der Waals surface area contributed by atoms with Crippen molar-refractivity contribution >= 4 is 15.9 Å². The molecule has 0 bridgehead atoms. The lowest BCUT2D eigenvalue weighted by molar-refractivity contribution is 0.0939. The van der Waals surface area contributed by atoms with Gasteiger partial charge in [-0.1, -0.05) is 13.0 Å². The molecule has 27 heavy (non-hydrogen) atoms. The van der Waals surface area contributed by atoms with Gasteiger partial charge in [0.2, 0.25) is 10.0 Å². The van der Waals surface area contributed by atoms with Crippen molar-refractivity contribution in [2.24, 2.45) is 0 Å². The Morgan fingerprint density at radius 1 is 1.04 bits per heavy atom. The fourth-order valence-electron chi connectivity index (χ4n) is 2.35. The molecule has 2 atom stereocenters. The van der Waals surface area contributed by atoms with Crippen LogP contribution in [-0.2, 0) is 10.0 Å². The zero-order valence-corrected chi connectivity index (χ0v) is 16.1. The fraction of sp³-hybridized carbons (Fsp3) is 0.316. The van der Waals surface area contributed by atoms with E-state index < -0.39 is 33.6 Å². The van der Waals surface area contributed by atoms with Gasteiger partial charge in [0.05, 0.1) is 10.9 Å². The van der Waals surface area contributed by atoms with Gasteiger partial charge in [0.1, 0.15) is 0 Å². The minimum Gasteiger partial charge on any atom is -0.346 e. The second-order valence-corrected chi connectivity index (χ2v) is 8.04. The van der Waals surface area contributed by atoms with Crippen LogP contribution in [0.25, 0.3) is 0 Å². The number of carbonyl (C=O) groups is 1. The average molecular weight is 396 g/mol. The van der Waals surface area contributed by atoms with Crippen molar-refractivity contribution in [1.29, 1.82) is 0 Å². The van der Waals surface area contributed by atoms with Crippen LogP contribution in [0.5, 0.6) is 0 Å². The minimum atomic E-state index is -3.65. The van der Waals surface area contributed by atoms with Gasteiger partial charge in [0.25, 0.3) is 5.91 Å². The standard InChI is InChI=1S/C19H22F2N2O3S/c1-4-12(2)23-27(25,26)16-8-5-14(6-9-16)19(24)22-13(3)15-7-10-17(20)18(21)11-15/h5-13,23H,4H2,1-3H3,(H,22,24). The summed E-state index contributed by atoms with van der Waals surface area (Å²) in [6.45, 7) is 5.27. The van der Waals surface area contributed by atoms with Crippen LogP contribution in [0.3, 0.4) is 0 Å². The van der Waals surface area contributed by atoms with Gasteiger partial charge in [-0.05, 0) is 62.2 Å². The van der Waals surface area contributed by atoms with Crippen molar-refractivity contribution in [2.75, 3.05) is 0 Å². The van der Waals surface area contributed by atoms with Crippen LogP contribution in [0, 0.1) is 11.6 Å². The highest BCUT2D eigenvalue weighted by Crippen LogP contribution is 2.17. The van der Waals surface area contributed by atoms with E-state index in [1.807, 2.05) is 6.92 Å². The molecule has 0 saturated carbocycles. The first-order valence-corrected chi connectivity index (χ1v) is 10.0. The number of carbonyl (C=O) groups excluding carboxylic acids is 1. The molecule has 2 N–H and O–H groups in total. The molecule has 0 heterocycles. The number of rotatable bonds is 7. The van der Waals surface area contributed by atoms with E-state index >= 15 is 0 Å². The van der Waals surface area contributed by atoms with E-state index in [1.165, 1.54) is 30.3 Å². The highest BCUT2D eigenvalue weighted by atomic mass is 32.2. The molecular weight excluding hydrogens is 374 g/mol. The molecule has 2 rings (SSSR count). The monoisotopic (exact) mass is 396 g/mol. The lowest BCUT2D eigenvalue weighted by Crippen LogP contribution is -2.32. The largest absolute Gasteiger partial charge is 0.346 e. The van der Waals surface area contributed by atoms with Crippen LogP contribution in [-0.4, -0.2) is 20.4 Å². The van der Waals surface area contributed by atoms with Crippen LogP contribution in [0.15, 0.2) is 47.4 Å². The van der Waals surface area contributed by atoms with Gasteiger partial charge < -0.3 is 5.32 Å². The van der Waals surface area contributed by atoms with E-state index in [0.29, 0.717) is 12.0 Å². The summed E-state index contributed by atoms with van der Waals surface area (Å²) in [5.74, 6) is -2.40. The molecule has 2 aromatic rings. The van der Waals surface area contributed by atoms with Gasteiger partial charge in [0.15, 0.2) is 11.6 Å². The van der Waals surface area contributed by atoms with E-state index in [4.69, 9.17) is 0 Å². The van der Waals surface area contributed by atoms with E-state index in [1.54, 1.807) is 13.8 Å². The molecule has 8 heteroatoms. The molecule has 0 spiro atoms. The lowest BCUT2D eigenvalue weighted by atomic mass is 10.1. The Hall–Kier alpha value is -2.32. The first-order valence-electron chi connectivity index (χ1n) is 8.52. The SMILES string of the molecule is CCC(C)NS(=O)(=O)c1ccc(C(=O)NC(C)c2ccc(F)c(F)c2)cc1. The number of hydrogen-bond acceptors (Lipinski definition) is 3. The Labute approximate surface area is 157 Å². The molecule has 0 aliphatic rings. The van der Waals surface area contributed by atoms with Gasteiger partial charge in [0, 0.05) is 11.6 Å². The van der Waals surface area contributed by atoms with Crippen LogP contribution in [0.1, 0.15) is 49.2 Å². The Bertz CT molecular complexity index is 915. The molecule has 2 aromatic carbocycles. The molecule has 1 amide bonds. The maximum Gasteiger partial charge on any atom is 0.251 e. The first-order chi connectivity index (χ1) is 12.6. The summed E-state index contributed by atoms with van der Waals surface area (Å²) in [6.07, 6.45) is 0.654. The van der Waals surface area contributed by atoms with Gasteiger partial charge in [-0.3, -0.25) is 4.79 Å². The number of halogens is 2. The van der Waals surface area contributed by atoms with Crippen molar-refractivity contribution < 1.29 is 22.0 Å². The van der Waals surface area contributed by atoms with Crippen LogP contribution < -0.4 is 10.0 Å². The highest BCUT2D eigenvalue weighted by Gasteiger charge is 2.18. The third kappa shape index (κ3) is 5.33. The summed E-state index contributed by atoms with van der Waals surface area (Å²) in [4.78, 5) is 12.4. The van der Waals surface area contributed by atoms with Crippen LogP contribution in [0.2, 0.25) is 0 Å². The van der Waals surface area contributed by atoms with Gasteiger partial charge in [-0.25, -0.2) is 21.9 Å². The van der Waals surface area contributed by atoms with E-state index in [-0.39, 0.29) is 16.5 Å².